The van der Waals surface area contributed by atoms with E-state index in [0.29, 0.717) is 0 Å². The first-order valence-corrected chi connectivity index (χ1v) is 4.64. The third-order valence-corrected chi connectivity index (χ3v) is 1.94. The number of halogens is 3. The van der Waals surface area contributed by atoms with Crippen molar-refractivity contribution in [1.82, 2.24) is 5.32 Å². The standard InChI is InChI=1S/C7H6Cl3NO3/c8-7(9,10)6(13)11-5(12)4-2-1-3-14-4/h1-3,6,13H,(H,11,12)/t6-/m1/s1. The van der Waals surface area contributed by atoms with Gasteiger partial charge in [-0.2, -0.15) is 0 Å². The highest BCUT2D eigenvalue weighted by Crippen LogP contribution is 2.28. The second-order valence-electron chi connectivity index (χ2n) is 2.39. The fourth-order valence-electron chi connectivity index (χ4n) is 0.685. The monoisotopic (exact) mass is 257 g/mol. The molecule has 78 valence electrons. The molecule has 0 aliphatic heterocycles. The Kier molecular flexibility index (Phi) is 3.66. The van der Waals surface area contributed by atoms with Gasteiger partial charge in [-0.15, -0.1) is 0 Å². The quantitative estimate of drug-likeness (QED) is 0.627. The minimum atomic E-state index is -1.97. The van der Waals surface area contributed by atoms with Crippen molar-refractivity contribution in [2.75, 3.05) is 0 Å². The maximum atomic E-state index is 11.2. The summed E-state index contributed by atoms with van der Waals surface area (Å²) >= 11 is 16.0. The Balaban J connectivity index is 2.58. The van der Waals surface area contributed by atoms with E-state index in [9.17, 15) is 9.90 Å². The van der Waals surface area contributed by atoms with Crippen LogP contribution in [-0.2, 0) is 0 Å². The van der Waals surface area contributed by atoms with Gasteiger partial charge in [-0.1, -0.05) is 34.8 Å². The molecule has 1 aromatic heterocycles. The summed E-state index contributed by atoms with van der Waals surface area (Å²) in [6.45, 7) is 0. The summed E-state index contributed by atoms with van der Waals surface area (Å²) in [4.78, 5) is 11.2. The van der Waals surface area contributed by atoms with Gasteiger partial charge in [0.2, 0.25) is 3.79 Å². The van der Waals surface area contributed by atoms with Gasteiger partial charge in [-0.3, -0.25) is 4.79 Å². The molecule has 0 aromatic carbocycles. The number of amides is 1. The molecule has 0 spiro atoms. The largest absolute Gasteiger partial charge is 0.459 e. The Morgan fingerprint density at radius 1 is 1.57 bits per heavy atom. The molecule has 0 saturated carbocycles. The molecule has 1 atom stereocenters. The van der Waals surface area contributed by atoms with Gasteiger partial charge in [0.1, 0.15) is 0 Å². The van der Waals surface area contributed by atoms with Crippen LogP contribution in [0.4, 0.5) is 0 Å². The van der Waals surface area contributed by atoms with Crippen LogP contribution in [0.25, 0.3) is 0 Å². The van der Waals surface area contributed by atoms with Crippen molar-refractivity contribution in [1.29, 1.82) is 0 Å². The van der Waals surface area contributed by atoms with Crippen molar-refractivity contribution in [3.05, 3.63) is 24.2 Å². The van der Waals surface area contributed by atoms with E-state index in [0.717, 1.165) is 0 Å². The lowest BCUT2D eigenvalue weighted by Gasteiger charge is -2.19. The lowest BCUT2D eigenvalue weighted by molar-refractivity contribution is 0.0764. The van der Waals surface area contributed by atoms with Crippen LogP contribution in [0.15, 0.2) is 22.8 Å². The molecule has 0 aliphatic rings. The van der Waals surface area contributed by atoms with Crippen LogP contribution < -0.4 is 5.32 Å². The first-order chi connectivity index (χ1) is 6.41. The molecule has 1 rings (SSSR count). The average molecular weight is 258 g/mol. The molecular formula is C7H6Cl3NO3. The van der Waals surface area contributed by atoms with Crippen molar-refractivity contribution < 1.29 is 14.3 Å². The predicted octanol–water partition coefficient (Wildman–Crippen LogP) is 1.70. The van der Waals surface area contributed by atoms with Crippen LogP contribution in [-0.4, -0.2) is 21.0 Å². The first-order valence-electron chi connectivity index (χ1n) is 3.50. The summed E-state index contributed by atoms with van der Waals surface area (Å²) < 4.78 is 2.79. The number of furan rings is 1. The molecule has 4 nitrogen and oxygen atoms in total. The molecular weight excluding hydrogens is 252 g/mol. The lowest BCUT2D eigenvalue weighted by Crippen LogP contribution is -2.43. The van der Waals surface area contributed by atoms with Crippen molar-refractivity contribution in [3.8, 4) is 0 Å². The van der Waals surface area contributed by atoms with Gasteiger partial charge in [-0.25, -0.2) is 0 Å². The third-order valence-electron chi connectivity index (χ3n) is 1.32. The Morgan fingerprint density at radius 2 is 2.21 bits per heavy atom. The minimum absolute atomic E-state index is 0.0262. The van der Waals surface area contributed by atoms with Gasteiger partial charge in [0.15, 0.2) is 12.0 Å². The van der Waals surface area contributed by atoms with Gasteiger partial charge < -0.3 is 14.8 Å². The van der Waals surface area contributed by atoms with Crippen molar-refractivity contribution in [2.24, 2.45) is 0 Å². The molecule has 0 fully saturated rings. The maximum Gasteiger partial charge on any atom is 0.289 e. The number of aliphatic hydroxyl groups excluding tert-OH is 1. The number of hydrogen-bond acceptors (Lipinski definition) is 3. The highest BCUT2D eigenvalue weighted by Gasteiger charge is 2.32. The van der Waals surface area contributed by atoms with Crippen LogP contribution in [0.1, 0.15) is 10.6 Å². The highest BCUT2D eigenvalue weighted by molar-refractivity contribution is 6.68. The molecule has 2 N–H and O–H groups in total. The lowest BCUT2D eigenvalue weighted by atomic mass is 10.4. The third kappa shape index (κ3) is 3.06. The molecule has 7 heteroatoms. The smallest absolute Gasteiger partial charge is 0.289 e. The average Bonchev–Trinajstić information content (AvgIpc) is 2.53. The van der Waals surface area contributed by atoms with Crippen LogP contribution in [0.2, 0.25) is 0 Å². The fraction of sp³-hybridized carbons (Fsp3) is 0.286. The normalized spacial score (nSPS) is 13.7. The first kappa shape index (κ1) is 11.7. The number of carbonyl (C=O) groups is 1. The number of hydrogen-bond donors (Lipinski definition) is 2. The predicted molar refractivity (Wildman–Crippen MR) is 52.5 cm³/mol. The molecule has 14 heavy (non-hydrogen) atoms. The van der Waals surface area contributed by atoms with E-state index < -0.39 is 15.9 Å². The Morgan fingerprint density at radius 3 is 2.64 bits per heavy atom. The molecule has 0 aliphatic carbocycles. The number of rotatable bonds is 2. The molecule has 1 aromatic rings. The molecule has 1 amide bonds. The molecule has 1 heterocycles. The van der Waals surface area contributed by atoms with E-state index in [1.807, 2.05) is 5.32 Å². The van der Waals surface area contributed by atoms with Gasteiger partial charge in [0, 0.05) is 0 Å². The van der Waals surface area contributed by atoms with Gasteiger partial charge in [0.25, 0.3) is 5.91 Å². The summed E-state index contributed by atoms with van der Waals surface area (Å²) in [5.74, 6) is -0.632. The van der Waals surface area contributed by atoms with Crippen molar-refractivity contribution >= 4 is 40.7 Å². The maximum absolute atomic E-state index is 11.2. The van der Waals surface area contributed by atoms with E-state index in [1.54, 1.807) is 0 Å². The number of aliphatic hydroxyl groups is 1. The summed E-state index contributed by atoms with van der Waals surface area (Å²) in [5.41, 5.74) is 0. The zero-order valence-electron chi connectivity index (χ0n) is 6.71. The zero-order chi connectivity index (χ0) is 10.8. The van der Waals surface area contributed by atoms with Crippen molar-refractivity contribution in [3.63, 3.8) is 0 Å². The minimum Gasteiger partial charge on any atom is -0.459 e. The Labute approximate surface area is 94.7 Å². The van der Waals surface area contributed by atoms with E-state index in [-0.39, 0.29) is 5.76 Å². The number of alkyl halides is 3. The topological polar surface area (TPSA) is 62.5 Å². The molecule has 0 radical (unpaired) electrons. The van der Waals surface area contributed by atoms with Gasteiger partial charge >= 0.3 is 0 Å². The summed E-state index contributed by atoms with van der Waals surface area (Å²) in [5, 5.41) is 11.2. The number of nitrogens with one attached hydrogen (secondary N) is 1. The summed E-state index contributed by atoms with van der Waals surface area (Å²) in [6, 6.07) is 2.94. The zero-order valence-corrected chi connectivity index (χ0v) is 8.97. The Bertz CT molecular complexity index is 306. The fourth-order valence-corrected chi connectivity index (χ4v) is 0.849. The van der Waals surface area contributed by atoms with Gasteiger partial charge in [-0.05, 0) is 12.1 Å². The SMILES string of the molecule is O=C(N[C@H](O)C(Cl)(Cl)Cl)c1ccco1. The number of carbonyl (C=O) groups excluding carboxylic acids is 1. The van der Waals surface area contributed by atoms with Crippen LogP contribution >= 0.6 is 34.8 Å². The second kappa shape index (κ2) is 4.40. The summed E-state index contributed by atoms with van der Waals surface area (Å²) in [7, 11) is 0. The second-order valence-corrected chi connectivity index (χ2v) is 4.76. The van der Waals surface area contributed by atoms with Crippen molar-refractivity contribution in [2.45, 2.75) is 10.0 Å². The van der Waals surface area contributed by atoms with Gasteiger partial charge in [0.05, 0.1) is 6.26 Å². The highest BCUT2D eigenvalue weighted by atomic mass is 35.6. The van der Waals surface area contributed by atoms with E-state index >= 15 is 0 Å². The van der Waals surface area contributed by atoms with E-state index in [1.165, 1.54) is 18.4 Å². The van der Waals surface area contributed by atoms with Crippen LogP contribution in [0, 0.1) is 0 Å². The Hall–Kier alpha value is -0.420. The summed E-state index contributed by atoms with van der Waals surface area (Å²) in [6.07, 6.45) is -0.276. The van der Waals surface area contributed by atoms with Crippen LogP contribution in [0.3, 0.4) is 0 Å². The molecule has 0 unspecified atom stereocenters. The van der Waals surface area contributed by atoms with E-state index in [2.05, 4.69) is 0 Å². The van der Waals surface area contributed by atoms with Crippen LogP contribution in [0.5, 0.6) is 0 Å². The molecule has 0 saturated heterocycles. The van der Waals surface area contributed by atoms with E-state index in [4.69, 9.17) is 39.2 Å². The molecule has 0 bridgehead atoms.